The average molecular weight is 354 g/mol. The summed E-state index contributed by atoms with van der Waals surface area (Å²) in [5.41, 5.74) is 6.94. The fraction of sp³-hybridized carbons (Fsp3) is 0.105. The Morgan fingerprint density at radius 1 is 1.38 bits per heavy atom. The van der Waals surface area contributed by atoms with E-state index in [1.165, 1.54) is 24.4 Å². The number of rotatable bonds is 5. The maximum atomic E-state index is 13.9. The van der Waals surface area contributed by atoms with Gasteiger partial charge >= 0.3 is 0 Å². The molecular weight excluding hydrogens is 335 g/mol. The van der Waals surface area contributed by atoms with Gasteiger partial charge in [-0.3, -0.25) is 9.78 Å². The largest absolute Gasteiger partial charge is 0.431 e. The summed E-state index contributed by atoms with van der Waals surface area (Å²) >= 11 is 0. The first-order valence-electron chi connectivity index (χ1n) is 7.77. The Hall–Kier alpha value is -3.48. The molecule has 0 aliphatic rings. The first-order valence-corrected chi connectivity index (χ1v) is 7.77. The van der Waals surface area contributed by atoms with E-state index in [2.05, 4.69) is 21.9 Å². The van der Waals surface area contributed by atoms with E-state index in [0.29, 0.717) is 11.4 Å². The van der Waals surface area contributed by atoms with Crippen LogP contribution in [0.25, 0.3) is 6.08 Å². The lowest BCUT2D eigenvalue weighted by Gasteiger charge is -2.08. The lowest BCUT2D eigenvalue weighted by Crippen LogP contribution is -2.15. The molecule has 3 N–H and O–H groups in total. The minimum Gasteiger partial charge on any atom is -0.431 e. The molecule has 0 aliphatic heterocycles. The number of benzene rings is 1. The molecule has 0 radical (unpaired) electrons. The van der Waals surface area contributed by atoms with Crippen LogP contribution in [-0.2, 0) is 4.74 Å². The van der Waals surface area contributed by atoms with E-state index in [0.717, 1.165) is 5.56 Å². The topological polar surface area (TPSA) is 89.6 Å². The fourth-order valence-corrected chi connectivity index (χ4v) is 1.90. The highest BCUT2D eigenvalue weighted by Gasteiger charge is 2.10. The van der Waals surface area contributed by atoms with E-state index < -0.39 is 11.7 Å². The van der Waals surface area contributed by atoms with Crippen LogP contribution >= 0.6 is 0 Å². The summed E-state index contributed by atoms with van der Waals surface area (Å²) in [5, 5.41) is 2.63. The van der Waals surface area contributed by atoms with E-state index in [1.54, 1.807) is 38.1 Å². The predicted octanol–water partition coefficient (Wildman–Crippen LogP) is 4.00. The number of amides is 1. The van der Waals surface area contributed by atoms with E-state index in [4.69, 9.17) is 10.5 Å². The van der Waals surface area contributed by atoms with E-state index in [-0.39, 0.29) is 17.4 Å². The fourth-order valence-electron chi connectivity index (χ4n) is 1.90. The van der Waals surface area contributed by atoms with Crippen molar-refractivity contribution in [2.75, 3.05) is 5.32 Å². The highest BCUT2D eigenvalue weighted by atomic mass is 19.1. The molecule has 0 unspecified atom stereocenters. The van der Waals surface area contributed by atoms with Crippen LogP contribution in [0.2, 0.25) is 0 Å². The number of allylic oxidation sites excluding steroid dienone is 2. The monoisotopic (exact) mass is 354 g/mol. The Morgan fingerprint density at radius 3 is 2.77 bits per heavy atom. The van der Waals surface area contributed by atoms with Crippen molar-refractivity contribution in [2.45, 2.75) is 13.8 Å². The van der Waals surface area contributed by atoms with Gasteiger partial charge in [0.25, 0.3) is 11.9 Å². The van der Waals surface area contributed by atoms with Gasteiger partial charge in [0.15, 0.2) is 0 Å². The summed E-state index contributed by atoms with van der Waals surface area (Å²) in [6.07, 6.45) is 4.85. The molecule has 7 heteroatoms. The summed E-state index contributed by atoms with van der Waals surface area (Å²) in [6, 6.07) is 7.03. The van der Waals surface area contributed by atoms with Gasteiger partial charge in [-0.25, -0.2) is 4.39 Å². The van der Waals surface area contributed by atoms with Gasteiger partial charge in [0.05, 0.1) is 0 Å². The van der Waals surface area contributed by atoms with Crippen LogP contribution in [0.4, 0.5) is 15.8 Å². The zero-order chi connectivity index (χ0) is 19.1. The van der Waals surface area contributed by atoms with Crippen molar-refractivity contribution in [1.82, 2.24) is 4.98 Å². The Kier molecular flexibility index (Phi) is 6.21. The van der Waals surface area contributed by atoms with E-state index >= 15 is 0 Å². The lowest BCUT2D eigenvalue weighted by atomic mass is 10.2. The SMILES string of the molecule is C=Cc1ccc(C(=O)Nc2ccc(F)c(N=C(N)O/C(C)=C\C)c2)nc1. The number of aromatic nitrogens is 1. The molecule has 2 aromatic rings. The van der Waals surface area contributed by atoms with Crippen LogP contribution in [0.5, 0.6) is 0 Å². The van der Waals surface area contributed by atoms with Gasteiger partial charge in [0.2, 0.25) is 0 Å². The van der Waals surface area contributed by atoms with Crippen molar-refractivity contribution in [3.8, 4) is 0 Å². The normalized spacial score (nSPS) is 11.8. The standard InChI is InChI=1S/C19H19FN4O2/c1-4-12(3)26-19(21)24-17-10-14(7-8-15(17)20)23-18(25)16-9-6-13(5-2)11-22-16/h4-11H,2H2,1,3H3,(H2,21,24)(H,23,25)/b12-4-. The summed E-state index contributed by atoms with van der Waals surface area (Å²) in [5.74, 6) is -0.498. The first-order chi connectivity index (χ1) is 12.4. The zero-order valence-electron chi connectivity index (χ0n) is 14.5. The van der Waals surface area contributed by atoms with Crippen molar-refractivity contribution in [1.29, 1.82) is 0 Å². The highest BCUT2D eigenvalue weighted by molar-refractivity contribution is 6.03. The Labute approximate surface area is 150 Å². The number of carbonyl (C=O) groups excluding carboxylic acids is 1. The molecule has 1 aromatic heterocycles. The minimum atomic E-state index is -0.596. The van der Waals surface area contributed by atoms with Crippen molar-refractivity contribution in [3.05, 3.63) is 72.0 Å². The van der Waals surface area contributed by atoms with Gasteiger partial charge in [0.1, 0.15) is 23.0 Å². The maximum absolute atomic E-state index is 13.9. The molecule has 1 amide bonds. The van der Waals surface area contributed by atoms with E-state index in [9.17, 15) is 9.18 Å². The second-order valence-electron chi connectivity index (χ2n) is 5.25. The third-order valence-corrected chi connectivity index (χ3v) is 3.36. The number of aliphatic imine (C=N–C) groups is 1. The Morgan fingerprint density at radius 2 is 2.15 bits per heavy atom. The quantitative estimate of drug-likeness (QED) is 0.482. The van der Waals surface area contributed by atoms with Gasteiger partial charge in [-0.05, 0) is 49.8 Å². The molecule has 1 aromatic carbocycles. The lowest BCUT2D eigenvalue weighted by molar-refractivity contribution is 0.102. The minimum absolute atomic E-state index is 0.0563. The molecule has 0 spiro atoms. The maximum Gasteiger partial charge on any atom is 0.292 e. The number of carbonyl (C=O) groups is 1. The number of pyridine rings is 1. The number of hydrogen-bond donors (Lipinski definition) is 2. The molecule has 134 valence electrons. The molecule has 2 rings (SSSR count). The second-order valence-corrected chi connectivity index (χ2v) is 5.25. The molecule has 0 atom stereocenters. The number of ether oxygens (including phenoxy) is 1. The number of nitrogens with two attached hydrogens (primary N) is 1. The molecule has 0 saturated carbocycles. The number of nitrogens with one attached hydrogen (secondary N) is 1. The van der Waals surface area contributed by atoms with Gasteiger partial charge in [-0.15, -0.1) is 0 Å². The average Bonchev–Trinajstić information content (AvgIpc) is 2.64. The number of nitrogens with zero attached hydrogens (tertiary/aromatic N) is 2. The molecule has 1 heterocycles. The smallest absolute Gasteiger partial charge is 0.292 e. The van der Waals surface area contributed by atoms with Crippen molar-refractivity contribution >= 4 is 29.4 Å². The highest BCUT2D eigenvalue weighted by Crippen LogP contribution is 2.23. The Bertz CT molecular complexity index is 874. The number of halogens is 1. The number of amidine groups is 1. The third kappa shape index (κ3) is 5.01. The summed E-state index contributed by atoms with van der Waals surface area (Å²) in [4.78, 5) is 20.2. The molecule has 0 aliphatic carbocycles. The molecular formula is C19H19FN4O2. The summed E-state index contributed by atoms with van der Waals surface area (Å²) in [6.45, 7) is 7.09. The van der Waals surface area contributed by atoms with Gasteiger partial charge in [-0.2, -0.15) is 4.99 Å². The molecule has 6 nitrogen and oxygen atoms in total. The van der Waals surface area contributed by atoms with Crippen LogP contribution in [0.1, 0.15) is 29.9 Å². The van der Waals surface area contributed by atoms with Crippen molar-refractivity contribution in [2.24, 2.45) is 10.7 Å². The van der Waals surface area contributed by atoms with Crippen molar-refractivity contribution < 1.29 is 13.9 Å². The van der Waals surface area contributed by atoms with Crippen LogP contribution in [-0.4, -0.2) is 16.9 Å². The molecule has 0 fully saturated rings. The van der Waals surface area contributed by atoms with Gasteiger partial charge < -0.3 is 15.8 Å². The van der Waals surface area contributed by atoms with Crippen LogP contribution in [0, 0.1) is 5.82 Å². The molecule has 26 heavy (non-hydrogen) atoms. The molecule has 0 saturated heterocycles. The number of hydrogen-bond acceptors (Lipinski definition) is 4. The van der Waals surface area contributed by atoms with Crippen molar-refractivity contribution in [3.63, 3.8) is 0 Å². The summed E-state index contributed by atoms with van der Waals surface area (Å²) in [7, 11) is 0. The Balaban J connectivity index is 2.18. The van der Waals surface area contributed by atoms with Crippen LogP contribution in [0.3, 0.4) is 0 Å². The number of anilines is 1. The first kappa shape index (κ1) is 18.9. The van der Waals surface area contributed by atoms with Crippen LogP contribution in [0.15, 0.2) is 59.9 Å². The third-order valence-electron chi connectivity index (χ3n) is 3.36. The predicted molar refractivity (Wildman–Crippen MR) is 100 cm³/mol. The van der Waals surface area contributed by atoms with Gasteiger partial charge in [-0.1, -0.05) is 18.7 Å². The van der Waals surface area contributed by atoms with E-state index in [1.807, 2.05) is 0 Å². The zero-order valence-corrected chi connectivity index (χ0v) is 14.5. The van der Waals surface area contributed by atoms with Crippen LogP contribution < -0.4 is 11.1 Å². The molecule has 0 bridgehead atoms. The van der Waals surface area contributed by atoms with Gasteiger partial charge in [0, 0.05) is 11.9 Å². The second kappa shape index (κ2) is 8.57. The summed E-state index contributed by atoms with van der Waals surface area (Å²) < 4.78 is 19.1.